The molecule has 5 nitrogen and oxygen atoms in total. The van der Waals surface area contributed by atoms with Gasteiger partial charge in [0.1, 0.15) is 5.82 Å². The van der Waals surface area contributed by atoms with E-state index in [4.69, 9.17) is 0 Å². The van der Waals surface area contributed by atoms with E-state index in [0.29, 0.717) is 5.69 Å². The van der Waals surface area contributed by atoms with Gasteiger partial charge in [0.25, 0.3) is 10.0 Å². The molecule has 0 aliphatic heterocycles. The number of rotatable bonds is 8. The average Bonchev–Trinajstić information content (AvgIpc) is 2.53. The maximum absolute atomic E-state index is 12.3. The zero-order chi connectivity index (χ0) is 16.7. The first-order valence-corrected chi connectivity index (χ1v) is 9.29. The van der Waals surface area contributed by atoms with E-state index < -0.39 is 10.0 Å². The summed E-state index contributed by atoms with van der Waals surface area (Å²) >= 11 is 0. The molecule has 0 fully saturated rings. The lowest BCUT2D eigenvalue weighted by Crippen LogP contribution is -2.13. The molecule has 23 heavy (non-hydrogen) atoms. The summed E-state index contributed by atoms with van der Waals surface area (Å²) in [5.74, 6) is 0.749. The molecule has 0 atom stereocenters. The number of hydrogen-bond acceptors (Lipinski definition) is 4. The predicted octanol–water partition coefficient (Wildman–Crippen LogP) is 3.79. The molecule has 0 spiro atoms. The van der Waals surface area contributed by atoms with Crippen molar-refractivity contribution in [3.63, 3.8) is 0 Å². The summed E-state index contributed by atoms with van der Waals surface area (Å²) in [4.78, 5) is 4.47. The molecule has 2 N–H and O–H groups in total. The van der Waals surface area contributed by atoms with Gasteiger partial charge in [-0.1, -0.05) is 37.5 Å². The highest BCUT2D eigenvalue weighted by atomic mass is 32.2. The lowest BCUT2D eigenvalue weighted by atomic mass is 10.2. The highest BCUT2D eigenvalue weighted by Gasteiger charge is 2.13. The molecule has 0 saturated heterocycles. The molecule has 0 radical (unpaired) electrons. The minimum Gasteiger partial charge on any atom is -0.370 e. The standard InChI is InChI=1S/C17H23N3O2S/c1-3-4-5-12-18-17-11-8-15(13-19-17)20-23(21,22)16-9-6-14(2)7-10-16/h6-11,13,20H,3-5,12H2,1-2H3,(H,18,19). The Hall–Kier alpha value is -2.08. The smallest absolute Gasteiger partial charge is 0.261 e. The minimum absolute atomic E-state index is 0.241. The topological polar surface area (TPSA) is 71.1 Å². The van der Waals surface area contributed by atoms with Crippen LogP contribution < -0.4 is 10.0 Å². The predicted molar refractivity (Wildman–Crippen MR) is 94.2 cm³/mol. The Morgan fingerprint density at radius 2 is 1.78 bits per heavy atom. The summed E-state index contributed by atoms with van der Waals surface area (Å²) in [6.45, 7) is 4.95. The number of anilines is 2. The van der Waals surface area contributed by atoms with Crippen LogP contribution in [0.1, 0.15) is 31.7 Å². The first kappa shape index (κ1) is 17.3. The fourth-order valence-corrected chi connectivity index (χ4v) is 3.13. The van der Waals surface area contributed by atoms with Gasteiger partial charge in [-0.25, -0.2) is 13.4 Å². The number of benzene rings is 1. The van der Waals surface area contributed by atoms with Gasteiger partial charge in [0.15, 0.2) is 0 Å². The maximum Gasteiger partial charge on any atom is 0.261 e. The summed E-state index contributed by atoms with van der Waals surface area (Å²) in [5.41, 5.74) is 1.47. The molecule has 6 heteroatoms. The van der Waals surface area contributed by atoms with Gasteiger partial charge in [-0.3, -0.25) is 4.72 Å². The van der Waals surface area contributed by atoms with Crippen molar-refractivity contribution < 1.29 is 8.42 Å². The third-order valence-electron chi connectivity index (χ3n) is 3.43. The van der Waals surface area contributed by atoms with Crippen molar-refractivity contribution in [2.24, 2.45) is 0 Å². The second-order valence-corrected chi connectivity index (χ2v) is 7.17. The van der Waals surface area contributed by atoms with E-state index in [1.807, 2.05) is 6.92 Å². The van der Waals surface area contributed by atoms with E-state index in [0.717, 1.165) is 24.3 Å². The van der Waals surface area contributed by atoms with Crippen molar-refractivity contribution in [1.29, 1.82) is 0 Å². The van der Waals surface area contributed by atoms with Crippen LogP contribution in [-0.4, -0.2) is 19.9 Å². The molecule has 0 bridgehead atoms. The third-order valence-corrected chi connectivity index (χ3v) is 4.83. The highest BCUT2D eigenvalue weighted by molar-refractivity contribution is 7.92. The van der Waals surface area contributed by atoms with Gasteiger partial charge in [0, 0.05) is 6.54 Å². The highest BCUT2D eigenvalue weighted by Crippen LogP contribution is 2.17. The number of unbranched alkanes of at least 4 members (excludes halogenated alkanes) is 2. The Morgan fingerprint density at radius 1 is 1.04 bits per heavy atom. The summed E-state index contributed by atoms with van der Waals surface area (Å²) in [7, 11) is -3.58. The molecule has 0 aliphatic carbocycles. The zero-order valence-electron chi connectivity index (χ0n) is 13.5. The SMILES string of the molecule is CCCCCNc1ccc(NS(=O)(=O)c2ccc(C)cc2)cn1. The third kappa shape index (κ3) is 5.25. The normalized spacial score (nSPS) is 11.2. The van der Waals surface area contributed by atoms with E-state index in [1.165, 1.54) is 19.0 Å². The molecule has 0 amide bonds. The fraction of sp³-hybridized carbons (Fsp3) is 0.353. The fourth-order valence-electron chi connectivity index (χ4n) is 2.08. The molecule has 0 saturated carbocycles. The molecular formula is C17H23N3O2S. The monoisotopic (exact) mass is 333 g/mol. The second kappa shape index (κ2) is 7.97. The van der Waals surface area contributed by atoms with Crippen molar-refractivity contribution in [1.82, 2.24) is 4.98 Å². The van der Waals surface area contributed by atoms with Crippen molar-refractivity contribution >= 4 is 21.5 Å². The Kier molecular flexibility index (Phi) is 5.98. The first-order chi connectivity index (χ1) is 11.0. The molecular weight excluding hydrogens is 310 g/mol. The Bertz CT molecular complexity index is 711. The van der Waals surface area contributed by atoms with E-state index in [1.54, 1.807) is 36.4 Å². The lowest BCUT2D eigenvalue weighted by molar-refractivity contribution is 0.601. The van der Waals surface area contributed by atoms with Gasteiger partial charge in [0.2, 0.25) is 0 Å². The number of aromatic nitrogens is 1. The molecule has 0 unspecified atom stereocenters. The molecule has 0 aliphatic rings. The Labute approximate surface area is 138 Å². The molecule has 124 valence electrons. The first-order valence-electron chi connectivity index (χ1n) is 7.80. The molecule has 1 aromatic heterocycles. The van der Waals surface area contributed by atoms with Crippen molar-refractivity contribution in [3.05, 3.63) is 48.2 Å². The lowest BCUT2D eigenvalue weighted by Gasteiger charge is -2.09. The summed E-state index contributed by atoms with van der Waals surface area (Å²) in [6, 6.07) is 10.2. The van der Waals surface area contributed by atoms with Crippen LogP contribution in [0.3, 0.4) is 0 Å². The van der Waals surface area contributed by atoms with Crippen LogP contribution in [0, 0.1) is 6.92 Å². The second-order valence-electron chi connectivity index (χ2n) is 5.48. The van der Waals surface area contributed by atoms with E-state index in [-0.39, 0.29) is 4.90 Å². The summed E-state index contributed by atoms with van der Waals surface area (Å²) < 4.78 is 27.1. The number of nitrogens with zero attached hydrogens (tertiary/aromatic N) is 1. The van der Waals surface area contributed by atoms with Crippen molar-refractivity contribution in [3.8, 4) is 0 Å². The number of hydrogen-bond donors (Lipinski definition) is 2. The summed E-state index contributed by atoms with van der Waals surface area (Å²) in [6.07, 6.45) is 4.98. The van der Waals surface area contributed by atoms with Gasteiger partial charge in [-0.05, 0) is 37.6 Å². The van der Waals surface area contributed by atoms with Crippen LogP contribution in [0.15, 0.2) is 47.5 Å². The van der Waals surface area contributed by atoms with Gasteiger partial charge < -0.3 is 5.32 Å². The molecule has 2 rings (SSSR count). The average molecular weight is 333 g/mol. The van der Waals surface area contributed by atoms with E-state index in [2.05, 4.69) is 21.9 Å². The number of pyridine rings is 1. The van der Waals surface area contributed by atoms with Gasteiger partial charge >= 0.3 is 0 Å². The number of sulfonamides is 1. The van der Waals surface area contributed by atoms with Crippen LogP contribution in [-0.2, 0) is 10.0 Å². The quantitative estimate of drug-likeness (QED) is 0.721. The molecule has 1 aromatic carbocycles. The molecule has 1 heterocycles. The number of aryl methyl sites for hydroxylation is 1. The van der Waals surface area contributed by atoms with Crippen LogP contribution in [0.5, 0.6) is 0 Å². The van der Waals surface area contributed by atoms with Crippen molar-refractivity contribution in [2.45, 2.75) is 38.0 Å². The van der Waals surface area contributed by atoms with E-state index in [9.17, 15) is 8.42 Å². The zero-order valence-corrected chi connectivity index (χ0v) is 14.4. The molecule has 2 aromatic rings. The van der Waals surface area contributed by atoms with Gasteiger partial charge in [-0.15, -0.1) is 0 Å². The van der Waals surface area contributed by atoms with Crippen molar-refractivity contribution in [2.75, 3.05) is 16.6 Å². The van der Waals surface area contributed by atoms with Gasteiger partial charge in [-0.2, -0.15) is 0 Å². The Morgan fingerprint density at radius 3 is 2.39 bits per heavy atom. The largest absolute Gasteiger partial charge is 0.370 e. The maximum atomic E-state index is 12.3. The Balaban J connectivity index is 1.98. The summed E-state index contributed by atoms with van der Waals surface area (Å²) in [5, 5.41) is 3.22. The number of nitrogens with one attached hydrogen (secondary N) is 2. The minimum atomic E-state index is -3.58. The van der Waals surface area contributed by atoms with E-state index >= 15 is 0 Å². The van der Waals surface area contributed by atoms with Crippen LogP contribution in [0.2, 0.25) is 0 Å². The van der Waals surface area contributed by atoms with Crippen LogP contribution in [0.25, 0.3) is 0 Å². The van der Waals surface area contributed by atoms with Crippen LogP contribution in [0.4, 0.5) is 11.5 Å². The van der Waals surface area contributed by atoms with Crippen LogP contribution >= 0.6 is 0 Å². The van der Waals surface area contributed by atoms with Gasteiger partial charge in [0.05, 0.1) is 16.8 Å².